The quantitative estimate of drug-likeness (QED) is 0.937. The standard InChI is InChI=1S/C13H18BrN5/c14-10-8-11-12(16-9-10)19(13(15)17-11)7-3-6-18-4-1-2-5-18/h8-9H,1-7H2,(H2,15,17). The lowest BCUT2D eigenvalue weighted by Crippen LogP contribution is -2.21. The number of hydrogen-bond donors (Lipinski definition) is 1. The second kappa shape index (κ2) is 5.46. The monoisotopic (exact) mass is 323 g/mol. The van der Waals surface area contributed by atoms with E-state index in [1.165, 1.54) is 25.9 Å². The van der Waals surface area contributed by atoms with E-state index in [2.05, 4.69) is 30.8 Å². The summed E-state index contributed by atoms with van der Waals surface area (Å²) in [5.74, 6) is 0.557. The molecule has 0 saturated carbocycles. The molecule has 1 saturated heterocycles. The molecule has 19 heavy (non-hydrogen) atoms. The van der Waals surface area contributed by atoms with Crippen molar-refractivity contribution in [3.05, 3.63) is 16.7 Å². The topological polar surface area (TPSA) is 60.0 Å². The number of rotatable bonds is 4. The summed E-state index contributed by atoms with van der Waals surface area (Å²) in [6.45, 7) is 4.50. The van der Waals surface area contributed by atoms with Gasteiger partial charge in [-0.2, -0.15) is 0 Å². The van der Waals surface area contributed by atoms with Crippen molar-refractivity contribution in [1.82, 2.24) is 19.4 Å². The van der Waals surface area contributed by atoms with Gasteiger partial charge in [0, 0.05) is 17.2 Å². The summed E-state index contributed by atoms with van der Waals surface area (Å²) in [4.78, 5) is 11.3. The van der Waals surface area contributed by atoms with Crippen molar-refractivity contribution in [2.75, 3.05) is 25.4 Å². The highest BCUT2D eigenvalue weighted by molar-refractivity contribution is 9.10. The summed E-state index contributed by atoms with van der Waals surface area (Å²) in [6, 6.07) is 1.95. The van der Waals surface area contributed by atoms with Crippen LogP contribution in [-0.4, -0.2) is 39.1 Å². The van der Waals surface area contributed by atoms with Gasteiger partial charge in [-0.3, -0.25) is 4.57 Å². The second-order valence-electron chi connectivity index (χ2n) is 5.02. The molecular weight excluding hydrogens is 306 g/mol. The molecule has 0 atom stereocenters. The molecule has 0 spiro atoms. The molecule has 2 aromatic rings. The zero-order valence-corrected chi connectivity index (χ0v) is 12.4. The second-order valence-corrected chi connectivity index (χ2v) is 5.94. The molecule has 0 unspecified atom stereocenters. The molecule has 0 bridgehead atoms. The summed E-state index contributed by atoms with van der Waals surface area (Å²) in [6.07, 6.45) is 5.56. The fourth-order valence-electron chi connectivity index (χ4n) is 2.68. The lowest BCUT2D eigenvalue weighted by atomic mass is 10.3. The Morgan fingerprint density at radius 2 is 2.05 bits per heavy atom. The van der Waals surface area contributed by atoms with Crippen LogP contribution in [0.1, 0.15) is 19.3 Å². The maximum Gasteiger partial charge on any atom is 0.202 e. The first kappa shape index (κ1) is 12.9. The smallest absolute Gasteiger partial charge is 0.202 e. The number of nitrogen functional groups attached to an aromatic ring is 1. The molecule has 5 nitrogen and oxygen atoms in total. The van der Waals surface area contributed by atoms with Crippen LogP contribution >= 0.6 is 15.9 Å². The molecule has 2 aromatic heterocycles. The maximum atomic E-state index is 5.98. The number of aryl methyl sites for hydroxylation is 1. The zero-order chi connectivity index (χ0) is 13.2. The summed E-state index contributed by atoms with van der Waals surface area (Å²) in [5, 5.41) is 0. The van der Waals surface area contributed by atoms with Gasteiger partial charge >= 0.3 is 0 Å². The number of anilines is 1. The van der Waals surface area contributed by atoms with E-state index in [1.54, 1.807) is 6.20 Å². The third-order valence-electron chi connectivity index (χ3n) is 3.64. The van der Waals surface area contributed by atoms with Crippen molar-refractivity contribution in [2.45, 2.75) is 25.8 Å². The Kier molecular flexibility index (Phi) is 3.70. The van der Waals surface area contributed by atoms with Crippen LogP contribution in [0.25, 0.3) is 11.2 Å². The van der Waals surface area contributed by atoms with Crippen LogP contribution in [-0.2, 0) is 6.54 Å². The van der Waals surface area contributed by atoms with Crippen molar-refractivity contribution in [3.63, 3.8) is 0 Å². The average molecular weight is 324 g/mol. The average Bonchev–Trinajstić information content (AvgIpc) is 2.98. The number of nitrogens with zero attached hydrogens (tertiary/aromatic N) is 4. The molecule has 0 amide bonds. The molecular formula is C13H18BrN5. The summed E-state index contributed by atoms with van der Waals surface area (Å²) in [7, 11) is 0. The van der Waals surface area contributed by atoms with E-state index in [-0.39, 0.29) is 0 Å². The highest BCUT2D eigenvalue weighted by Crippen LogP contribution is 2.20. The molecule has 3 heterocycles. The number of imidazole rings is 1. The molecule has 0 radical (unpaired) electrons. The Morgan fingerprint density at radius 3 is 2.84 bits per heavy atom. The lowest BCUT2D eigenvalue weighted by Gasteiger charge is -2.14. The van der Waals surface area contributed by atoms with Crippen molar-refractivity contribution in [1.29, 1.82) is 0 Å². The van der Waals surface area contributed by atoms with Crippen molar-refractivity contribution in [3.8, 4) is 0 Å². The zero-order valence-electron chi connectivity index (χ0n) is 10.8. The number of halogens is 1. The predicted molar refractivity (Wildman–Crippen MR) is 79.9 cm³/mol. The lowest BCUT2D eigenvalue weighted by molar-refractivity contribution is 0.326. The van der Waals surface area contributed by atoms with Gasteiger partial charge in [-0.25, -0.2) is 9.97 Å². The minimum Gasteiger partial charge on any atom is -0.369 e. The Bertz CT molecular complexity index is 574. The van der Waals surface area contributed by atoms with Crippen LogP contribution in [0.4, 0.5) is 5.95 Å². The van der Waals surface area contributed by atoms with Crippen LogP contribution in [0.3, 0.4) is 0 Å². The highest BCUT2D eigenvalue weighted by Gasteiger charge is 2.13. The minimum atomic E-state index is 0.557. The molecule has 1 aliphatic heterocycles. The van der Waals surface area contributed by atoms with E-state index in [0.29, 0.717) is 5.95 Å². The van der Waals surface area contributed by atoms with Gasteiger partial charge in [0.15, 0.2) is 5.65 Å². The minimum absolute atomic E-state index is 0.557. The molecule has 6 heteroatoms. The van der Waals surface area contributed by atoms with Crippen LogP contribution < -0.4 is 5.73 Å². The number of aromatic nitrogens is 3. The number of pyridine rings is 1. The van der Waals surface area contributed by atoms with E-state index < -0.39 is 0 Å². The third-order valence-corrected chi connectivity index (χ3v) is 4.07. The van der Waals surface area contributed by atoms with Gasteiger partial charge in [0.25, 0.3) is 0 Å². The van der Waals surface area contributed by atoms with Gasteiger partial charge in [-0.15, -0.1) is 0 Å². The van der Waals surface area contributed by atoms with Crippen molar-refractivity contribution < 1.29 is 0 Å². The third kappa shape index (κ3) is 2.74. The van der Waals surface area contributed by atoms with E-state index in [1.807, 2.05) is 10.6 Å². The molecule has 1 aliphatic rings. The first-order chi connectivity index (χ1) is 9.24. The van der Waals surface area contributed by atoms with Gasteiger partial charge in [0.05, 0.1) is 0 Å². The number of nitrogens with two attached hydrogens (primary N) is 1. The molecule has 0 aromatic carbocycles. The van der Waals surface area contributed by atoms with Crippen molar-refractivity contribution >= 4 is 33.0 Å². The molecule has 2 N–H and O–H groups in total. The SMILES string of the molecule is Nc1nc2cc(Br)cnc2n1CCCN1CCCC1. The maximum absolute atomic E-state index is 5.98. The Hall–Kier alpha value is -1.14. The first-order valence-electron chi connectivity index (χ1n) is 6.73. The Labute approximate surface area is 120 Å². The van der Waals surface area contributed by atoms with Crippen LogP contribution in [0.5, 0.6) is 0 Å². The molecule has 1 fully saturated rings. The summed E-state index contributed by atoms with van der Waals surface area (Å²) < 4.78 is 2.94. The molecule has 0 aliphatic carbocycles. The van der Waals surface area contributed by atoms with Gasteiger partial charge in [-0.1, -0.05) is 0 Å². The fraction of sp³-hybridized carbons (Fsp3) is 0.538. The predicted octanol–water partition coefficient (Wildman–Crippen LogP) is 2.26. The fourth-order valence-corrected chi connectivity index (χ4v) is 3.00. The Balaban J connectivity index is 1.71. The molecule has 3 rings (SSSR count). The normalized spacial score (nSPS) is 16.5. The number of likely N-dealkylation sites (tertiary alicyclic amines) is 1. The largest absolute Gasteiger partial charge is 0.369 e. The highest BCUT2D eigenvalue weighted by atomic mass is 79.9. The summed E-state index contributed by atoms with van der Waals surface area (Å²) in [5.41, 5.74) is 7.71. The number of fused-ring (bicyclic) bond motifs is 1. The van der Waals surface area contributed by atoms with Crippen LogP contribution in [0.2, 0.25) is 0 Å². The van der Waals surface area contributed by atoms with E-state index >= 15 is 0 Å². The van der Waals surface area contributed by atoms with E-state index in [0.717, 1.165) is 35.1 Å². The molecule has 102 valence electrons. The summed E-state index contributed by atoms with van der Waals surface area (Å²) >= 11 is 3.40. The van der Waals surface area contributed by atoms with Gasteiger partial charge in [-0.05, 0) is 60.9 Å². The van der Waals surface area contributed by atoms with Gasteiger partial charge < -0.3 is 10.6 Å². The van der Waals surface area contributed by atoms with Crippen LogP contribution in [0, 0.1) is 0 Å². The first-order valence-corrected chi connectivity index (χ1v) is 7.53. The van der Waals surface area contributed by atoms with E-state index in [9.17, 15) is 0 Å². The number of hydrogen-bond acceptors (Lipinski definition) is 4. The van der Waals surface area contributed by atoms with Gasteiger partial charge in [0.1, 0.15) is 5.52 Å². The van der Waals surface area contributed by atoms with Gasteiger partial charge in [0.2, 0.25) is 5.95 Å². The van der Waals surface area contributed by atoms with Crippen molar-refractivity contribution in [2.24, 2.45) is 0 Å². The van der Waals surface area contributed by atoms with Crippen LogP contribution in [0.15, 0.2) is 16.7 Å². The van der Waals surface area contributed by atoms with E-state index in [4.69, 9.17) is 5.73 Å². The Morgan fingerprint density at radius 1 is 1.26 bits per heavy atom.